The van der Waals surface area contributed by atoms with Crippen molar-refractivity contribution in [1.82, 2.24) is 0 Å². The number of hydrogen-bond acceptors (Lipinski definition) is 3. The van der Waals surface area contributed by atoms with Crippen molar-refractivity contribution < 1.29 is 13.7 Å². The van der Waals surface area contributed by atoms with Gasteiger partial charge in [0.2, 0.25) is 0 Å². The molecule has 4 heteroatoms. The molecule has 0 aliphatic heterocycles. The predicted octanol–water partition coefficient (Wildman–Crippen LogP) is 8.85. The number of ether oxygens (including phenoxy) is 2. The summed E-state index contributed by atoms with van der Waals surface area (Å²) in [5.41, 5.74) is 1.11. The molecule has 0 aromatic rings. The lowest BCUT2D eigenvalue weighted by atomic mass is 9.44. The van der Waals surface area contributed by atoms with Crippen molar-refractivity contribution in [3.63, 3.8) is 0 Å². The summed E-state index contributed by atoms with van der Waals surface area (Å²) in [6.45, 7) is 14.8. The Morgan fingerprint density at radius 2 is 1.47 bits per heavy atom. The molecule has 212 valence electrons. The summed E-state index contributed by atoms with van der Waals surface area (Å²) < 4.78 is 18.4. The molecule has 10 atom stereocenters. The Hall–Kier alpha value is 0.230. The molecule has 4 rings (SSSR count). The van der Waals surface area contributed by atoms with Gasteiger partial charge in [-0.15, -0.1) is 10.3 Å². The summed E-state index contributed by atoms with van der Waals surface area (Å²) in [5, 5.41) is 0. The van der Waals surface area contributed by atoms with E-state index in [0.717, 1.165) is 59.2 Å². The van der Waals surface area contributed by atoms with Gasteiger partial charge in [0.05, 0.1) is 6.10 Å². The van der Waals surface area contributed by atoms with Gasteiger partial charge in [0.25, 0.3) is 0 Å². The second-order valence-electron chi connectivity index (χ2n) is 13.7. The molecule has 4 aliphatic rings. The first kappa shape index (κ1) is 29.2. The highest BCUT2D eigenvalue weighted by atomic mass is 32.3. The Labute approximate surface area is 226 Å². The number of hydrogen-bond donors (Lipinski definition) is 0. The minimum atomic E-state index is -0.987. The summed E-state index contributed by atoms with van der Waals surface area (Å²) >= 11 is 0. The lowest BCUT2D eigenvalue weighted by molar-refractivity contribution is -0.133. The average molecular weight is 525 g/mol. The fourth-order valence-corrected chi connectivity index (χ4v) is 12.5. The summed E-state index contributed by atoms with van der Waals surface area (Å²) in [6, 6.07) is 0. The second-order valence-corrected chi connectivity index (χ2v) is 17.5. The van der Waals surface area contributed by atoms with E-state index in [1.54, 1.807) is 0 Å². The van der Waals surface area contributed by atoms with Crippen molar-refractivity contribution in [3.8, 4) is 0 Å². The molecule has 4 saturated carbocycles. The standard InChI is InChI=1S/C32H60O3S/c1-9-36(10-2,11-3)35-30(34-8)17-12-23(4)27-15-16-28-26-14-13-24-22-25(33-7)18-20-31(24,5)29(26)19-21-32(27,28)6/h23-30H,9-22H2,1-8H3/t23-,24?,25-,26?,27?,28?,29?,30?,31?,32?/m1/s1. The van der Waals surface area contributed by atoms with Crippen LogP contribution in [0.2, 0.25) is 0 Å². The monoisotopic (exact) mass is 524 g/mol. The summed E-state index contributed by atoms with van der Waals surface area (Å²) in [7, 11) is 2.80. The van der Waals surface area contributed by atoms with Crippen LogP contribution < -0.4 is 0 Å². The largest absolute Gasteiger partial charge is 0.381 e. The molecule has 4 fully saturated rings. The highest BCUT2D eigenvalue weighted by molar-refractivity contribution is 8.29. The van der Waals surface area contributed by atoms with E-state index in [2.05, 4.69) is 41.5 Å². The average Bonchev–Trinajstić information content (AvgIpc) is 3.26. The van der Waals surface area contributed by atoms with Crippen LogP contribution in [0.4, 0.5) is 0 Å². The molecule has 0 amide bonds. The van der Waals surface area contributed by atoms with Gasteiger partial charge in [-0.1, -0.05) is 41.5 Å². The number of fused-ring (bicyclic) bond motifs is 5. The zero-order valence-corrected chi connectivity index (χ0v) is 26.0. The minimum Gasteiger partial charge on any atom is -0.381 e. The third-order valence-electron chi connectivity index (χ3n) is 12.7. The van der Waals surface area contributed by atoms with Gasteiger partial charge >= 0.3 is 0 Å². The van der Waals surface area contributed by atoms with Gasteiger partial charge in [0.1, 0.15) is 0 Å². The first-order valence-electron chi connectivity index (χ1n) is 15.7. The van der Waals surface area contributed by atoms with E-state index in [4.69, 9.17) is 13.7 Å². The maximum Gasteiger partial charge on any atom is 0.168 e. The molecule has 0 heterocycles. The van der Waals surface area contributed by atoms with Gasteiger partial charge in [0, 0.05) is 14.2 Å². The van der Waals surface area contributed by atoms with Gasteiger partial charge in [0.15, 0.2) is 6.29 Å². The van der Waals surface area contributed by atoms with E-state index in [0.29, 0.717) is 16.9 Å². The number of rotatable bonds is 11. The van der Waals surface area contributed by atoms with Crippen molar-refractivity contribution in [2.24, 2.45) is 46.3 Å². The van der Waals surface area contributed by atoms with Crippen LogP contribution in [0.1, 0.15) is 112 Å². The molecular formula is C32H60O3S. The van der Waals surface area contributed by atoms with Crippen LogP contribution in [0.15, 0.2) is 0 Å². The van der Waals surface area contributed by atoms with E-state index in [1.807, 2.05) is 14.2 Å². The fourth-order valence-electron chi connectivity index (χ4n) is 10.3. The Morgan fingerprint density at radius 3 is 2.11 bits per heavy atom. The van der Waals surface area contributed by atoms with Crippen LogP contribution in [0.3, 0.4) is 0 Å². The molecule has 0 saturated heterocycles. The Kier molecular flexibility index (Phi) is 9.55. The first-order chi connectivity index (χ1) is 17.2. The molecule has 4 aliphatic carbocycles. The molecule has 3 nitrogen and oxygen atoms in total. The first-order valence-corrected chi connectivity index (χ1v) is 17.8. The second kappa shape index (κ2) is 11.8. The molecule has 8 unspecified atom stereocenters. The van der Waals surface area contributed by atoms with Gasteiger partial charge < -0.3 is 13.7 Å². The topological polar surface area (TPSA) is 27.7 Å². The van der Waals surface area contributed by atoms with Crippen LogP contribution in [0, 0.1) is 46.3 Å². The summed E-state index contributed by atoms with van der Waals surface area (Å²) in [5.74, 6) is 8.85. The van der Waals surface area contributed by atoms with Gasteiger partial charge in [-0.25, -0.2) is 0 Å². The third kappa shape index (κ3) is 5.20. The predicted molar refractivity (Wildman–Crippen MR) is 156 cm³/mol. The fraction of sp³-hybridized carbons (Fsp3) is 1.00. The molecule has 0 N–H and O–H groups in total. The molecule has 0 bridgehead atoms. The van der Waals surface area contributed by atoms with E-state index < -0.39 is 10.3 Å². The molecule has 36 heavy (non-hydrogen) atoms. The van der Waals surface area contributed by atoms with Gasteiger partial charge in [-0.05, 0) is 134 Å². The van der Waals surface area contributed by atoms with Crippen LogP contribution in [0.5, 0.6) is 0 Å². The van der Waals surface area contributed by atoms with Crippen molar-refractivity contribution in [2.75, 3.05) is 31.5 Å². The van der Waals surface area contributed by atoms with E-state index in [9.17, 15) is 0 Å². The maximum absolute atomic E-state index is 6.68. The highest BCUT2D eigenvalue weighted by Crippen LogP contribution is 2.68. The Bertz CT molecular complexity index is 701. The zero-order chi connectivity index (χ0) is 26.1. The van der Waals surface area contributed by atoms with E-state index in [1.165, 1.54) is 64.2 Å². The van der Waals surface area contributed by atoms with Crippen molar-refractivity contribution in [1.29, 1.82) is 0 Å². The quantitative estimate of drug-likeness (QED) is 0.253. The maximum atomic E-state index is 6.68. The van der Waals surface area contributed by atoms with Crippen molar-refractivity contribution >= 4 is 10.3 Å². The SMILES string of the molecule is CCS(CC)(CC)OC(CC[C@@H](C)C1CCC2C3CCC4C[C@H](OC)CCC4(C)C3CCC21C)OC. The van der Waals surface area contributed by atoms with Gasteiger partial charge in [-0.2, -0.15) is 0 Å². The van der Waals surface area contributed by atoms with E-state index >= 15 is 0 Å². The Balaban J connectivity index is 1.39. The van der Waals surface area contributed by atoms with Gasteiger partial charge in [-0.3, -0.25) is 0 Å². The Morgan fingerprint density at radius 1 is 0.806 bits per heavy atom. The zero-order valence-electron chi connectivity index (χ0n) is 25.2. The summed E-state index contributed by atoms with van der Waals surface area (Å²) in [6.07, 6.45) is 15.6. The minimum absolute atomic E-state index is 0.0273. The lowest BCUT2D eigenvalue weighted by Gasteiger charge is -2.61. The van der Waals surface area contributed by atoms with Crippen LogP contribution in [-0.4, -0.2) is 43.9 Å². The summed E-state index contributed by atoms with van der Waals surface area (Å²) in [4.78, 5) is 0. The number of methoxy groups -OCH3 is 2. The third-order valence-corrected chi connectivity index (χ3v) is 16.5. The molecule has 0 aromatic carbocycles. The molecule has 0 radical (unpaired) electrons. The van der Waals surface area contributed by atoms with Crippen LogP contribution in [0.25, 0.3) is 0 Å². The molecular weight excluding hydrogens is 464 g/mol. The molecule has 0 spiro atoms. The lowest BCUT2D eigenvalue weighted by Crippen LogP contribution is -2.54. The van der Waals surface area contributed by atoms with Crippen LogP contribution >= 0.6 is 10.3 Å². The smallest absolute Gasteiger partial charge is 0.168 e. The van der Waals surface area contributed by atoms with Crippen molar-refractivity contribution in [2.45, 2.75) is 125 Å². The highest BCUT2D eigenvalue weighted by Gasteiger charge is 2.60. The van der Waals surface area contributed by atoms with Crippen molar-refractivity contribution in [3.05, 3.63) is 0 Å². The normalized spacial score (nSPS) is 42.8. The van der Waals surface area contributed by atoms with E-state index in [-0.39, 0.29) is 6.29 Å². The van der Waals surface area contributed by atoms with Crippen LogP contribution in [-0.2, 0) is 13.7 Å². The molecule has 0 aromatic heterocycles.